The van der Waals surface area contributed by atoms with Crippen molar-refractivity contribution in [3.05, 3.63) is 94.5 Å². The van der Waals surface area contributed by atoms with Crippen molar-refractivity contribution >= 4 is 46.8 Å². The van der Waals surface area contributed by atoms with Crippen LogP contribution in [0.15, 0.2) is 72.8 Å². The Kier molecular flexibility index (Phi) is 11.8. The first-order valence-electron chi connectivity index (χ1n) is 14.6. The molecule has 0 radical (unpaired) electrons. The smallest absolute Gasteiger partial charge is 0.250 e. The van der Waals surface area contributed by atoms with Crippen LogP contribution in [0.2, 0.25) is 5.02 Å². The second-order valence-electron chi connectivity index (χ2n) is 10.6. The number of methoxy groups -OCH3 is 1. The molecule has 0 aromatic heterocycles. The number of nitrogens with zero attached hydrogens (tertiary/aromatic N) is 1. The van der Waals surface area contributed by atoms with Crippen molar-refractivity contribution in [2.75, 3.05) is 31.8 Å². The van der Waals surface area contributed by atoms with Gasteiger partial charge in [-0.15, -0.1) is 18.3 Å². The number of hydrogen-bond acceptors (Lipinski definition) is 7. The van der Waals surface area contributed by atoms with Gasteiger partial charge in [0.1, 0.15) is 11.1 Å². The van der Waals surface area contributed by atoms with Crippen molar-refractivity contribution in [3.63, 3.8) is 0 Å². The average molecular weight is 652 g/mol. The lowest BCUT2D eigenvalue weighted by Crippen LogP contribution is -2.34. The summed E-state index contributed by atoms with van der Waals surface area (Å²) in [4.78, 5) is 40.5. The summed E-state index contributed by atoms with van der Waals surface area (Å²) >= 11 is 7.57. The first-order chi connectivity index (χ1) is 21.6. The van der Waals surface area contributed by atoms with Crippen LogP contribution in [0.4, 0.5) is 5.69 Å². The molecule has 238 valence electrons. The molecule has 3 amide bonds. The highest BCUT2D eigenvalue weighted by Gasteiger charge is 2.43. The quantitative estimate of drug-likeness (QED) is 0.191. The predicted octanol–water partition coefficient (Wildman–Crippen LogP) is 6.09. The Hall–Kier alpha value is -4.15. The molecule has 0 saturated carbocycles. The molecule has 0 spiro atoms. The van der Waals surface area contributed by atoms with E-state index < -0.39 is 16.5 Å². The molecule has 45 heavy (non-hydrogen) atoms. The number of thioether (sulfide) groups is 1. The first kappa shape index (κ1) is 33.7. The zero-order chi connectivity index (χ0) is 32.5. The fourth-order valence-electron chi connectivity index (χ4n) is 4.82. The zero-order valence-corrected chi connectivity index (χ0v) is 27.2. The maximum atomic E-state index is 13.8. The molecule has 4 rings (SSSR count). The van der Waals surface area contributed by atoms with E-state index in [1.165, 1.54) is 17.8 Å². The van der Waals surface area contributed by atoms with Crippen LogP contribution in [-0.2, 0) is 16.0 Å². The molecule has 3 aromatic carbocycles. The molecule has 0 bridgehead atoms. The number of benzene rings is 3. The summed E-state index contributed by atoms with van der Waals surface area (Å²) in [6, 6.07) is 17.9. The van der Waals surface area contributed by atoms with Gasteiger partial charge in [-0.05, 0) is 73.9 Å². The van der Waals surface area contributed by atoms with Gasteiger partial charge in [-0.3, -0.25) is 19.3 Å². The van der Waals surface area contributed by atoms with Crippen LogP contribution in [0, 0.1) is 0 Å². The summed E-state index contributed by atoms with van der Waals surface area (Å²) < 4.78 is 16.8. The van der Waals surface area contributed by atoms with Crippen LogP contribution >= 0.6 is 23.4 Å². The highest BCUT2D eigenvalue weighted by Crippen LogP contribution is 2.47. The highest BCUT2D eigenvalue weighted by atomic mass is 35.5. The first-order valence-corrected chi connectivity index (χ1v) is 15.9. The zero-order valence-electron chi connectivity index (χ0n) is 25.6. The number of rotatable bonds is 15. The second-order valence-corrected chi connectivity index (χ2v) is 12.3. The Bertz CT molecular complexity index is 1550. The van der Waals surface area contributed by atoms with Gasteiger partial charge >= 0.3 is 0 Å². The highest BCUT2D eigenvalue weighted by molar-refractivity contribution is 8.01. The molecule has 2 unspecified atom stereocenters. The maximum Gasteiger partial charge on any atom is 0.250 e. The van der Waals surface area contributed by atoms with E-state index in [2.05, 4.69) is 11.9 Å². The fraction of sp³-hybridized carbons (Fsp3) is 0.324. The normalized spacial score (nSPS) is 15.9. The van der Waals surface area contributed by atoms with Gasteiger partial charge in [-0.25, -0.2) is 0 Å². The van der Waals surface area contributed by atoms with E-state index in [1.807, 2.05) is 56.3 Å². The predicted molar refractivity (Wildman–Crippen MR) is 178 cm³/mol. The lowest BCUT2D eigenvalue weighted by atomic mass is 10.1. The molecule has 9 nitrogen and oxygen atoms in total. The van der Waals surface area contributed by atoms with Crippen LogP contribution in [0.25, 0.3) is 0 Å². The monoisotopic (exact) mass is 651 g/mol. The lowest BCUT2D eigenvalue weighted by Gasteiger charge is -2.25. The topological polar surface area (TPSA) is 120 Å². The van der Waals surface area contributed by atoms with E-state index in [4.69, 9.17) is 31.5 Å². The van der Waals surface area contributed by atoms with E-state index in [0.29, 0.717) is 49.1 Å². The number of halogens is 1. The second kappa shape index (κ2) is 15.7. The van der Waals surface area contributed by atoms with Crippen LogP contribution in [0.5, 0.6) is 17.2 Å². The molecule has 1 heterocycles. The fourth-order valence-corrected chi connectivity index (χ4v) is 6.48. The van der Waals surface area contributed by atoms with Crippen molar-refractivity contribution in [1.29, 1.82) is 0 Å². The number of nitrogens with two attached hydrogens (primary N) is 1. The molecule has 3 N–H and O–H groups in total. The summed E-state index contributed by atoms with van der Waals surface area (Å²) in [6.07, 6.45) is 1.32. The Labute approximate surface area is 273 Å². The molecule has 11 heteroatoms. The van der Waals surface area contributed by atoms with Gasteiger partial charge in [-0.2, -0.15) is 0 Å². The number of nitrogens with one attached hydrogen (secondary N) is 1. The standard InChI is InChI=1S/C34H38ClN3O6S/c1-5-43-28-13-6-22(18-29(28)42-4)14-16-37-31(39)20-30-33(41)38(24-9-12-27(35)26(19-24)32(36)40)34(45-30)23-7-10-25(11-8-23)44-17-15-21(2)3/h6-13,18-19,30,34H,2,5,14-17,20H2,1,3-4H3,(H2,36,40)(H,37,39). The van der Waals surface area contributed by atoms with Crippen LogP contribution in [-0.4, -0.2) is 49.8 Å². The van der Waals surface area contributed by atoms with Crippen molar-refractivity contribution in [1.82, 2.24) is 5.32 Å². The minimum atomic E-state index is -0.699. The molecule has 0 aliphatic carbocycles. The van der Waals surface area contributed by atoms with Crippen LogP contribution < -0.4 is 30.2 Å². The summed E-state index contributed by atoms with van der Waals surface area (Å²) in [6.45, 7) is 9.19. The van der Waals surface area contributed by atoms with Gasteiger partial charge in [0.15, 0.2) is 11.5 Å². The lowest BCUT2D eigenvalue weighted by molar-refractivity contribution is -0.124. The van der Waals surface area contributed by atoms with Crippen molar-refractivity contribution in [3.8, 4) is 17.2 Å². The average Bonchev–Trinajstić information content (AvgIpc) is 3.33. The Morgan fingerprint density at radius 3 is 2.49 bits per heavy atom. The van der Waals surface area contributed by atoms with Gasteiger partial charge in [-0.1, -0.05) is 35.4 Å². The molecule has 1 fully saturated rings. The van der Waals surface area contributed by atoms with Gasteiger partial charge in [0.2, 0.25) is 17.7 Å². The Morgan fingerprint density at radius 2 is 1.82 bits per heavy atom. The molecular formula is C34H38ClN3O6S. The number of carbonyl (C=O) groups excluding carboxylic acids is 3. The molecular weight excluding hydrogens is 614 g/mol. The summed E-state index contributed by atoms with van der Waals surface area (Å²) in [5, 5.41) is 2.02. The largest absolute Gasteiger partial charge is 0.493 e. The Balaban J connectivity index is 1.48. The van der Waals surface area contributed by atoms with E-state index in [0.717, 1.165) is 23.1 Å². The third-order valence-corrected chi connectivity index (χ3v) is 8.90. The molecule has 1 aliphatic heterocycles. The maximum absolute atomic E-state index is 13.8. The number of hydrogen-bond donors (Lipinski definition) is 2. The van der Waals surface area contributed by atoms with Crippen molar-refractivity contribution in [2.24, 2.45) is 5.73 Å². The van der Waals surface area contributed by atoms with Crippen LogP contribution in [0.1, 0.15) is 53.5 Å². The number of anilines is 1. The summed E-state index contributed by atoms with van der Waals surface area (Å²) in [7, 11) is 1.59. The summed E-state index contributed by atoms with van der Waals surface area (Å²) in [5.74, 6) is 0.801. The minimum absolute atomic E-state index is 0.0124. The number of primary amides is 1. The van der Waals surface area contributed by atoms with E-state index in [9.17, 15) is 14.4 Å². The Morgan fingerprint density at radius 1 is 1.07 bits per heavy atom. The molecule has 1 saturated heterocycles. The van der Waals surface area contributed by atoms with Gasteiger partial charge in [0, 0.05) is 25.1 Å². The minimum Gasteiger partial charge on any atom is -0.493 e. The van der Waals surface area contributed by atoms with Crippen LogP contribution in [0.3, 0.4) is 0 Å². The van der Waals surface area contributed by atoms with E-state index in [-0.39, 0.29) is 28.8 Å². The third-order valence-electron chi connectivity index (χ3n) is 7.13. The molecule has 2 atom stereocenters. The van der Waals surface area contributed by atoms with E-state index >= 15 is 0 Å². The van der Waals surface area contributed by atoms with Gasteiger partial charge in [0.25, 0.3) is 0 Å². The number of carbonyl (C=O) groups is 3. The van der Waals surface area contributed by atoms with Gasteiger partial charge in [0.05, 0.1) is 36.2 Å². The summed E-state index contributed by atoms with van der Waals surface area (Å²) in [5.41, 5.74) is 8.96. The number of amides is 3. The number of ether oxygens (including phenoxy) is 3. The SMILES string of the molecule is C=C(C)CCOc1ccc(C2SC(CC(=O)NCCc3ccc(OCC)c(OC)c3)C(=O)N2c2ccc(Cl)c(C(N)=O)c2)cc1. The molecule has 1 aliphatic rings. The van der Waals surface area contributed by atoms with Crippen molar-refractivity contribution < 1.29 is 28.6 Å². The third kappa shape index (κ3) is 8.73. The molecule has 3 aromatic rings. The van der Waals surface area contributed by atoms with E-state index in [1.54, 1.807) is 24.1 Å². The van der Waals surface area contributed by atoms with Crippen molar-refractivity contribution in [2.45, 2.75) is 43.7 Å². The van der Waals surface area contributed by atoms with Gasteiger partial charge < -0.3 is 25.3 Å².